The third kappa shape index (κ3) is 5.80. The first-order chi connectivity index (χ1) is 16.1. The molecule has 0 atom stereocenters. The number of para-hydroxylation sites is 2. The molecule has 0 aliphatic heterocycles. The van der Waals surface area contributed by atoms with Crippen LogP contribution in [0.2, 0.25) is 0 Å². The van der Waals surface area contributed by atoms with Crippen molar-refractivity contribution in [2.24, 2.45) is 0 Å². The zero-order valence-corrected chi connectivity index (χ0v) is 19.4. The van der Waals surface area contributed by atoms with Gasteiger partial charge in [0.25, 0.3) is 5.91 Å². The molecule has 1 heterocycles. The van der Waals surface area contributed by atoms with Crippen molar-refractivity contribution >= 4 is 16.9 Å². The van der Waals surface area contributed by atoms with Crippen LogP contribution in [0.5, 0.6) is 5.75 Å². The summed E-state index contributed by atoms with van der Waals surface area (Å²) in [5.74, 6) is 1.94. The minimum atomic E-state index is -0.0187. The highest BCUT2D eigenvalue weighted by Crippen LogP contribution is 2.18. The Kier molecular flexibility index (Phi) is 7.40. The normalized spacial score (nSPS) is 11.0. The molecule has 4 rings (SSSR count). The van der Waals surface area contributed by atoms with Crippen LogP contribution in [0.25, 0.3) is 11.0 Å². The lowest BCUT2D eigenvalue weighted by Crippen LogP contribution is -2.25. The summed E-state index contributed by atoms with van der Waals surface area (Å²) in [7, 11) is 0. The van der Waals surface area contributed by atoms with E-state index < -0.39 is 0 Å². The molecule has 0 spiro atoms. The van der Waals surface area contributed by atoms with Crippen LogP contribution in [-0.4, -0.2) is 28.6 Å². The third-order valence-corrected chi connectivity index (χ3v) is 5.80. The molecule has 4 aromatic rings. The maximum absolute atomic E-state index is 12.4. The standard InChI is InChI=1S/C28H31N3O2/c1-21-14-16-23(17-15-21)33-20-8-19-31-26-12-6-5-11-25(26)30-27(31)13-7-18-29-28(32)24-10-4-3-9-22(24)2/h3-6,9-12,14-17H,7-8,13,18-20H2,1-2H3,(H,29,32). The van der Waals surface area contributed by atoms with Crippen molar-refractivity contribution in [1.29, 1.82) is 0 Å². The summed E-state index contributed by atoms with van der Waals surface area (Å²) >= 11 is 0. The van der Waals surface area contributed by atoms with E-state index in [9.17, 15) is 4.79 Å². The first kappa shape index (κ1) is 22.6. The van der Waals surface area contributed by atoms with Crippen molar-refractivity contribution in [3.63, 3.8) is 0 Å². The molecule has 33 heavy (non-hydrogen) atoms. The van der Waals surface area contributed by atoms with E-state index in [1.807, 2.05) is 49.4 Å². The quantitative estimate of drug-likeness (QED) is 0.331. The molecule has 0 radical (unpaired) electrons. The maximum Gasteiger partial charge on any atom is 0.251 e. The Hall–Kier alpha value is -3.60. The van der Waals surface area contributed by atoms with Crippen LogP contribution >= 0.6 is 0 Å². The summed E-state index contributed by atoms with van der Waals surface area (Å²) in [6.45, 7) is 6.15. The lowest BCUT2D eigenvalue weighted by atomic mass is 10.1. The molecule has 1 N–H and O–H groups in total. The van der Waals surface area contributed by atoms with Crippen LogP contribution in [-0.2, 0) is 13.0 Å². The summed E-state index contributed by atoms with van der Waals surface area (Å²) < 4.78 is 8.20. The number of nitrogens with zero attached hydrogens (tertiary/aromatic N) is 2. The average Bonchev–Trinajstić information content (AvgIpc) is 3.18. The van der Waals surface area contributed by atoms with Gasteiger partial charge in [0.05, 0.1) is 17.6 Å². The summed E-state index contributed by atoms with van der Waals surface area (Å²) in [6, 6.07) is 24.1. The zero-order valence-electron chi connectivity index (χ0n) is 19.4. The monoisotopic (exact) mass is 441 g/mol. The molecule has 0 fully saturated rings. The molecular weight excluding hydrogens is 410 g/mol. The van der Waals surface area contributed by atoms with Crippen LogP contribution in [0, 0.1) is 13.8 Å². The van der Waals surface area contributed by atoms with E-state index in [1.165, 1.54) is 5.56 Å². The molecule has 0 aliphatic rings. The number of hydrogen-bond donors (Lipinski definition) is 1. The molecular formula is C28H31N3O2. The molecule has 1 aromatic heterocycles. The Morgan fingerprint density at radius 1 is 0.939 bits per heavy atom. The first-order valence-corrected chi connectivity index (χ1v) is 11.6. The number of carbonyl (C=O) groups excluding carboxylic acids is 1. The maximum atomic E-state index is 12.4. The van der Waals surface area contributed by atoms with Gasteiger partial charge in [-0.25, -0.2) is 4.98 Å². The van der Waals surface area contributed by atoms with Gasteiger partial charge in [-0.3, -0.25) is 4.79 Å². The van der Waals surface area contributed by atoms with Crippen molar-refractivity contribution in [2.75, 3.05) is 13.2 Å². The van der Waals surface area contributed by atoms with Crippen molar-refractivity contribution < 1.29 is 9.53 Å². The number of rotatable bonds is 10. The Morgan fingerprint density at radius 2 is 1.70 bits per heavy atom. The molecule has 5 heteroatoms. The fraction of sp³-hybridized carbons (Fsp3) is 0.286. The van der Waals surface area contributed by atoms with Crippen LogP contribution in [0.3, 0.4) is 0 Å². The summed E-state index contributed by atoms with van der Waals surface area (Å²) in [5, 5.41) is 3.04. The predicted molar refractivity (Wildman–Crippen MR) is 133 cm³/mol. The van der Waals surface area contributed by atoms with Crippen LogP contribution in [0.4, 0.5) is 0 Å². The second-order valence-corrected chi connectivity index (χ2v) is 8.36. The number of nitrogens with one attached hydrogen (secondary N) is 1. The van der Waals surface area contributed by atoms with Crippen LogP contribution in [0.15, 0.2) is 72.8 Å². The van der Waals surface area contributed by atoms with E-state index >= 15 is 0 Å². The highest BCUT2D eigenvalue weighted by atomic mass is 16.5. The SMILES string of the molecule is Cc1ccc(OCCCn2c(CCCNC(=O)c3ccccc3C)nc3ccccc32)cc1. The number of fused-ring (bicyclic) bond motifs is 1. The molecule has 3 aromatic carbocycles. The molecule has 0 aliphatic carbocycles. The van der Waals surface area contributed by atoms with Gasteiger partial charge < -0.3 is 14.6 Å². The Morgan fingerprint density at radius 3 is 2.52 bits per heavy atom. The second kappa shape index (κ2) is 10.8. The van der Waals surface area contributed by atoms with Crippen LogP contribution < -0.4 is 10.1 Å². The summed E-state index contributed by atoms with van der Waals surface area (Å²) in [5.41, 5.74) is 5.11. The van der Waals surface area contributed by atoms with E-state index in [-0.39, 0.29) is 5.91 Å². The molecule has 0 unspecified atom stereocenters. The van der Waals surface area contributed by atoms with Gasteiger partial charge in [-0.15, -0.1) is 0 Å². The fourth-order valence-corrected chi connectivity index (χ4v) is 3.98. The smallest absolute Gasteiger partial charge is 0.251 e. The first-order valence-electron chi connectivity index (χ1n) is 11.6. The highest BCUT2D eigenvalue weighted by Gasteiger charge is 2.11. The van der Waals surface area contributed by atoms with Gasteiger partial charge in [0, 0.05) is 25.1 Å². The fourth-order valence-electron chi connectivity index (χ4n) is 3.98. The van der Waals surface area contributed by atoms with Crippen molar-refractivity contribution in [1.82, 2.24) is 14.9 Å². The van der Waals surface area contributed by atoms with Gasteiger partial charge >= 0.3 is 0 Å². The number of benzene rings is 3. The minimum Gasteiger partial charge on any atom is -0.494 e. The van der Waals surface area contributed by atoms with E-state index in [2.05, 4.69) is 47.1 Å². The predicted octanol–water partition coefficient (Wildman–Crippen LogP) is 5.48. The largest absolute Gasteiger partial charge is 0.494 e. The number of imidazole rings is 1. The van der Waals surface area contributed by atoms with E-state index in [0.717, 1.165) is 59.5 Å². The Bertz CT molecular complexity index is 1210. The van der Waals surface area contributed by atoms with Gasteiger partial charge in [0.2, 0.25) is 0 Å². The highest BCUT2D eigenvalue weighted by molar-refractivity contribution is 5.95. The van der Waals surface area contributed by atoms with E-state index in [1.54, 1.807) is 0 Å². The number of ether oxygens (including phenoxy) is 1. The zero-order chi connectivity index (χ0) is 23.0. The third-order valence-electron chi connectivity index (χ3n) is 5.80. The van der Waals surface area contributed by atoms with Gasteiger partial charge in [-0.2, -0.15) is 0 Å². The van der Waals surface area contributed by atoms with Crippen molar-refractivity contribution in [2.45, 2.75) is 39.7 Å². The Labute approximate surface area is 195 Å². The molecule has 0 saturated carbocycles. The lowest BCUT2D eigenvalue weighted by Gasteiger charge is -2.11. The Balaban J connectivity index is 1.33. The lowest BCUT2D eigenvalue weighted by molar-refractivity contribution is 0.0952. The van der Waals surface area contributed by atoms with Gasteiger partial charge in [-0.05, 0) is 62.6 Å². The van der Waals surface area contributed by atoms with Gasteiger partial charge in [-0.1, -0.05) is 48.0 Å². The van der Waals surface area contributed by atoms with Crippen LogP contribution in [0.1, 0.15) is 40.2 Å². The molecule has 170 valence electrons. The van der Waals surface area contributed by atoms with Crippen molar-refractivity contribution in [3.8, 4) is 5.75 Å². The minimum absolute atomic E-state index is 0.0187. The molecule has 0 bridgehead atoms. The van der Waals surface area contributed by atoms with Gasteiger partial charge in [0.1, 0.15) is 11.6 Å². The summed E-state index contributed by atoms with van der Waals surface area (Å²) in [4.78, 5) is 17.3. The number of hydrogen-bond acceptors (Lipinski definition) is 3. The van der Waals surface area contributed by atoms with Gasteiger partial charge in [0.15, 0.2) is 0 Å². The molecule has 5 nitrogen and oxygen atoms in total. The molecule has 1 amide bonds. The second-order valence-electron chi connectivity index (χ2n) is 8.36. The van der Waals surface area contributed by atoms with E-state index in [4.69, 9.17) is 9.72 Å². The number of carbonyl (C=O) groups is 1. The van der Waals surface area contributed by atoms with Crippen molar-refractivity contribution in [3.05, 3.63) is 95.3 Å². The number of amides is 1. The van der Waals surface area contributed by atoms with E-state index in [0.29, 0.717) is 13.2 Å². The summed E-state index contributed by atoms with van der Waals surface area (Å²) in [6.07, 6.45) is 2.54. The number of aromatic nitrogens is 2. The average molecular weight is 442 g/mol. The molecule has 0 saturated heterocycles. The number of aryl methyl sites for hydroxylation is 4. The topological polar surface area (TPSA) is 56.1 Å².